The molecule has 0 atom stereocenters. The van der Waals surface area contributed by atoms with Crippen LogP contribution < -0.4 is 5.32 Å². The van der Waals surface area contributed by atoms with Gasteiger partial charge < -0.3 is 9.84 Å². The van der Waals surface area contributed by atoms with Crippen molar-refractivity contribution in [1.82, 2.24) is 10.1 Å². The van der Waals surface area contributed by atoms with Crippen LogP contribution in [0.4, 0.5) is 11.4 Å². The summed E-state index contributed by atoms with van der Waals surface area (Å²) in [7, 11) is 0. The van der Waals surface area contributed by atoms with E-state index in [1.54, 1.807) is 30.3 Å². The first kappa shape index (κ1) is 18.1. The summed E-state index contributed by atoms with van der Waals surface area (Å²) in [6.45, 7) is 0. The maximum Gasteiger partial charge on any atom is 0.292 e. The summed E-state index contributed by atoms with van der Waals surface area (Å²) in [5.74, 6) is 0.0565. The third kappa shape index (κ3) is 3.72. The van der Waals surface area contributed by atoms with E-state index in [-0.39, 0.29) is 22.8 Å². The van der Waals surface area contributed by atoms with E-state index >= 15 is 0 Å². The second-order valence-corrected chi connectivity index (χ2v) is 6.06. The van der Waals surface area contributed by atoms with Crippen LogP contribution in [0.25, 0.3) is 22.8 Å². The van der Waals surface area contributed by atoms with Gasteiger partial charge in [0.2, 0.25) is 5.82 Å². The summed E-state index contributed by atoms with van der Waals surface area (Å²) >= 11 is 0. The Bertz CT molecular complexity index is 1190. The van der Waals surface area contributed by atoms with E-state index < -0.39 is 10.8 Å². The van der Waals surface area contributed by atoms with Gasteiger partial charge in [-0.15, -0.1) is 0 Å². The molecule has 1 amide bonds. The molecule has 4 aromatic rings. The van der Waals surface area contributed by atoms with E-state index in [1.165, 1.54) is 18.2 Å². The molecular weight excluding hydrogens is 372 g/mol. The van der Waals surface area contributed by atoms with Gasteiger partial charge in [-0.2, -0.15) is 4.98 Å². The topological polar surface area (TPSA) is 111 Å². The summed E-state index contributed by atoms with van der Waals surface area (Å²) in [6.07, 6.45) is 0. The first-order valence-electron chi connectivity index (χ1n) is 8.67. The Balaban J connectivity index is 1.67. The van der Waals surface area contributed by atoms with Crippen molar-refractivity contribution in [3.05, 3.63) is 94.5 Å². The minimum Gasteiger partial charge on any atom is -0.334 e. The van der Waals surface area contributed by atoms with Crippen molar-refractivity contribution < 1.29 is 14.2 Å². The van der Waals surface area contributed by atoms with Gasteiger partial charge >= 0.3 is 0 Å². The fourth-order valence-corrected chi connectivity index (χ4v) is 2.83. The molecule has 0 aliphatic carbocycles. The molecule has 0 aliphatic heterocycles. The molecule has 0 spiro atoms. The normalized spacial score (nSPS) is 10.5. The molecule has 4 rings (SSSR count). The molecule has 142 valence electrons. The maximum absolute atomic E-state index is 12.8. The SMILES string of the molecule is O=C(Nc1ccccc1[N+](=O)[O-])c1ccccc1-c1nc(-c2ccccc2)no1. The predicted octanol–water partition coefficient (Wildman–Crippen LogP) is 4.56. The average Bonchev–Trinajstić information content (AvgIpc) is 3.25. The number of nitrogens with zero attached hydrogens (tertiary/aromatic N) is 3. The van der Waals surface area contributed by atoms with Gasteiger partial charge in [-0.1, -0.05) is 59.8 Å². The fraction of sp³-hybridized carbons (Fsp3) is 0. The largest absolute Gasteiger partial charge is 0.334 e. The van der Waals surface area contributed by atoms with Gasteiger partial charge in [0.25, 0.3) is 17.5 Å². The second-order valence-electron chi connectivity index (χ2n) is 6.06. The zero-order chi connectivity index (χ0) is 20.2. The summed E-state index contributed by atoms with van der Waals surface area (Å²) < 4.78 is 5.36. The number of hydrogen-bond donors (Lipinski definition) is 1. The lowest BCUT2D eigenvalue weighted by molar-refractivity contribution is -0.383. The van der Waals surface area contributed by atoms with Crippen LogP contribution in [0.5, 0.6) is 0 Å². The highest BCUT2D eigenvalue weighted by Gasteiger charge is 2.20. The lowest BCUT2D eigenvalue weighted by Crippen LogP contribution is -2.14. The van der Waals surface area contributed by atoms with Crippen molar-refractivity contribution in [2.24, 2.45) is 0 Å². The molecule has 0 aliphatic rings. The second kappa shape index (κ2) is 7.73. The quantitative estimate of drug-likeness (QED) is 0.397. The summed E-state index contributed by atoms with van der Waals surface area (Å²) in [5, 5.41) is 17.8. The van der Waals surface area contributed by atoms with Crippen LogP contribution in [0.2, 0.25) is 0 Å². The number of anilines is 1. The number of para-hydroxylation sites is 2. The van der Waals surface area contributed by atoms with E-state index in [1.807, 2.05) is 30.3 Å². The Morgan fingerprint density at radius 2 is 1.62 bits per heavy atom. The van der Waals surface area contributed by atoms with Crippen LogP contribution >= 0.6 is 0 Å². The minimum atomic E-state index is -0.550. The molecule has 0 bridgehead atoms. The van der Waals surface area contributed by atoms with E-state index in [0.29, 0.717) is 11.4 Å². The molecular formula is C21H14N4O4. The van der Waals surface area contributed by atoms with Crippen molar-refractivity contribution in [3.63, 3.8) is 0 Å². The molecule has 0 unspecified atom stereocenters. The lowest BCUT2D eigenvalue weighted by Gasteiger charge is -2.08. The number of nitro groups is 1. The standard InChI is InChI=1S/C21H14N4O4/c26-20(22-17-12-6-7-13-18(17)25(27)28)15-10-4-5-11-16(15)21-23-19(24-29-21)14-8-2-1-3-9-14/h1-13H,(H,22,26). The fourth-order valence-electron chi connectivity index (χ4n) is 2.83. The van der Waals surface area contributed by atoms with Crippen molar-refractivity contribution in [2.75, 3.05) is 5.32 Å². The van der Waals surface area contributed by atoms with E-state index in [9.17, 15) is 14.9 Å². The third-order valence-electron chi connectivity index (χ3n) is 4.21. The highest BCUT2D eigenvalue weighted by atomic mass is 16.6. The highest BCUT2D eigenvalue weighted by molar-refractivity contribution is 6.09. The van der Waals surface area contributed by atoms with Crippen LogP contribution in [0, 0.1) is 10.1 Å². The van der Waals surface area contributed by atoms with Crippen molar-refractivity contribution >= 4 is 17.3 Å². The number of benzene rings is 3. The molecule has 0 saturated heterocycles. The molecule has 0 radical (unpaired) electrons. The minimum absolute atomic E-state index is 0.104. The zero-order valence-electron chi connectivity index (χ0n) is 15.0. The number of hydrogen-bond acceptors (Lipinski definition) is 6. The van der Waals surface area contributed by atoms with E-state index in [0.717, 1.165) is 5.56 Å². The van der Waals surface area contributed by atoms with Crippen LogP contribution in [-0.4, -0.2) is 21.0 Å². The smallest absolute Gasteiger partial charge is 0.292 e. The van der Waals surface area contributed by atoms with Gasteiger partial charge in [0.15, 0.2) is 0 Å². The van der Waals surface area contributed by atoms with Crippen molar-refractivity contribution in [2.45, 2.75) is 0 Å². The molecule has 29 heavy (non-hydrogen) atoms. The number of nitrogens with one attached hydrogen (secondary N) is 1. The number of nitro benzene ring substituents is 1. The highest BCUT2D eigenvalue weighted by Crippen LogP contribution is 2.28. The van der Waals surface area contributed by atoms with Crippen LogP contribution in [-0.2, 0) is 0 Å². The number of amides is 1. The molecule has 1 aromatic heterocycles. The van der Waals surface area contributed by atoms with Gasteiger partial charge in [0.05, 0.1) is 16.1 Å². The van der Waals surface area contributed by atoms with Gasteiger partial charge in [-0.05, 0) is 18.2 Å². The van der Waals surface area contributed by atoms with E-state index in [2.05, 4.69) is 15.5 Å². The molecule has 8 heteroatoms. The molecule has 1 heterocycles. The van der Waals surface area contributed by atoms with Gasteiger partial charge in [-0.25, -0.2) is 0 Å². The summed E-state index contributed by atoms with van der Waals surface area (Å²) in [6, 6.07) is 21.9. The Kier molecular flexibility index (Phi) is 4.81. The number of aromatic nitrogens is 2. The number of rotatable bonds is 5. The average molecular weight is 386 g/mol. The van der Waals surface area contributed by atoms with Crippen LogP contribution in [0.15, 0.2) is 83.4 Å². The summed E-state index contributed by atoms with van der Waals surface area (Å²) in [4.78, 5) is 27.9. The lowest BCUT2D eigenvalue weighted by atomic mass is 10.1. The molecule has 0 saturated carbocycles. The Labute approximate surface area is 165 Å². The Morgan fingerprint density at radius 3 is 2.41 bits per heavy atom. The molecule has 0 fully saturated rings. The van der Waals surface area contributed by atoms with Crippen LogP contribution in [0.1, 0.15) is 10.4 Å². The zero-order valence-corrected chi connectivity index (χ0v) is 15.0. The third-order valence-corrected chi connectivity index (χ3v) is 4.21. The Hall–Kier alpha value is -4.33. The van der Waals surface area contributed by atoms with Gasteiger partial charge in [0.1, 0.15) is 5.69 Å². The maximum atomic E-state index is 12.8. The van der Waals surface area contributed by atoms with Gasteiger partial charge in [0, 0.05) is 11.6 Å². The number of carbonyl (C=O) groups is 1. The monoisotopic (exact) mass is 386 g/mol. The molecule has 8 nitrogen and oxygen atoms in total. The summed E-state index contributed by atoms with van der Waals surface area (Å²) in [5.41, 5.74) is 1.38. The first-order valence-corrected chi connectivity index (χ1v) is 8.67. The Morgan fingerprint density at radius 1 is 0.931 bits per heavy atom. The van der Waals surface area contributed by atoms with Gasteiger partial charge in [-0.3, -0.25) is 14.9 Å². The molecule has 3 aromatic carbocycles. The first-order chi connectivity index (χ1) is 14.1. The number of carbonyl (C=O) groups excluding carboxylic acids is 1. The van der Waals surface area contributed by atoms with E-state index in [4.69, 9.17) is 4.52 Å². The predicted molar refractivity (Wildman–Crippen MR) is 106 cm³/mol. The molecule has 1 N–H and O–H groups in total. The van der Waals surface area contributed by atoms with Crippen molar-refractivity contribution in [1.29, 1.82) is 0 Å². The van der Waals surface area contributed by atoms with Crippen LogP contribution in [0.3, 0.4) is 0 Å². The van der Waals surface area contributed by atoms with Crippen molar-refractivity contribution in [3.8, 4) is 22.8 Å².